The van der Waals surface area contributed by atoms with E-state index in [-0.39, 0.29) is 0 Å². The summed E-state index contributed by atoms with van der Waals surface area (Å²) in [7, 11) is 0. The second kappa shape index (κ2) is 6.60. The summed E-state index contributed by atoms with van der Waals surface area (Å²) in [6, 6.07) is 0.591. The smallest absolute Gasteiger partial charge is 0.221 e. The molecule has 5 heteroatoms. The van der Waals surface area contributed by atoms with Crippen LogP contribution in [0.15, 0.2) is 6.33 Å². The summed E-state index contributed by atoms with van der Waals surface area (Å²) in [5.41, 5.74) is 1.07. The first-order valence-corrected chi connectivity index (χ1v) is 8.20. The monoisotopic (exact) mass is 290 g/mol. The normalized spacial score (nSPS) is 21.5. The molecule has 1 N–H and O–H groups in total. The first-order chi connectivity index (χ1) is 10.3. The van der Waals surface area contributed by atoms with Crippen LogP contribution >= 0.6 is 0 Å². The Labute approximate surface area is 127 Å². The Kier molecular flexibility index (Phi) is 4.58. The molecule has 2 fully saturated rings. The van der Waals surface area contributed by atoms with Crippen LogP contribution in [0.1, 0.15) is 38.2 Å². The zero-order valence-corrected chi connectivity index (χ0v) is 13.1. The summed E-state index contributed by atoms with van der Waals surface area (Å²) < 4.78 is 5.62. The zero-order chi connectivity index (χ0) is 14.7. The van der Waals surface area contributed by atoms with Crippen molar-refractivity contribution in [2.45, 2.75) is 45.6 Å². The third-order valence-electron chi connectivity index (χ3n) is 4.37. The molecular formula is C16H26N4O. The SMILES string of the molecule is CCOc1ncnc(N(CC2CC2)CC2CCCN2)c1C. The summed E-state index contributed by atoms with van der Waals surface area (Å²) in [4.78, 5) is 11.3. The molecule has 0 spiro atoms. The van der Waals surface area contributed by atoms with Gasteiger partial charge in [0, 0.05) is 19.1 Å². The standard InChI is InChI=1S/C16H26N4O/c1-3-21-16-12(2)15(18-11-19-16)20(9-13-6-7-13)10-14-5-4-8-17-14/h11,13-14,17H,3-10H2,1-2H3. The lowest BCUT2D eigenvalue weighted by Crippen LogP contribution is -2.39. The fraction of sp³-hybridized carbons (Fsp3) is 0.750. The lowest BCUT2D eigenvalue weighted by atomic mass is 10.2. The molecule has 1 saturated heterocycles. The van der Waals surface area contributed by atoms with Crippen molar-refractivity contribution in [1.29, 1.82) is 0 Å². The van der Waals surface area contributed by atoms with Gasteiger partial charge < -0.3 is 15.0 Å². The van der Waals surface area contributed by atoms with Crippen molar-refractivity contribution in [2.75, 3.05) is 31.1 Å². The molecule has 21 heavy (non-hydrogen) atoms. The van der Waals surface area contributed by atoms with Gasteiger partial charge in [-0.1, -0.05) is 0 Å². The highest BCUT2D eigenvalue weighted by atomic mass is 16.5. The van der Waals surface area contributed by atoms with Gasteiger partial charge >= 0.3 is 0 Å². The van der Waals surface area contributed by atoms with Crippen molar-refractivity contribution in [3.8, 4) is 5.88 Å². The molecule has 1 aliphatic heterocycles. The van der Waals surface area contributed by atoms with E-state index in [0.717, 1.165) is 42.8 Å². The minimum Gasteiger partial charge on any atom is -0.478 e. The lowest BCUT2D eigenvalue weighted by Gasteiger charge is -2.28. The van der Waals surface area contributed by atoms with E-state index in [2.05, 4.69) is 27.1 Å². The number of rotatable bonds is 7. The molecule has 5 nitrogen and oxygen atoms in total. The molecule has 2 heterocycles. The van der Waals surface area contributed by atoms with Gasteiger partial charge in [0.2, 0.25) is 5.88 Å². The van der Waals surface area contributed by atoms with E-state index in [1.165, 1.54) is 25.7 Å². The third kappa shape index (κ3) is 3.64. The molecule has 1 aromatic heterocycles. The lowest BCUT2D eigenvalue weighted by molar-refractivity contribution is 0.323. The number of aromatic nitrogens is 2. The van der Waals surface area contributed by atoms with E-state index >= 15 is 0 Å². The van der Waals surface area contributed by atoms with E-state index < -0.39 is 0 Å². The number of hydrogen-bond donors (Lipinski definition) is 1. The topological polar surface area (TPSA) is 50.3 Å². The zero-order valence-electron chi connectivity index (χ0n) is 13.1. The second-order valence-electron chi connectivity index (χ2n) is 6.20. The van der Waals surface area contributed by atoms with E-state index in [0.29, 0.717) is 12.6 Å². The maximum absolute atomic E-state index is 5.62. The predicted octanol–water partition coefficient (Wildman–Crippen LogP) is 2.15. The Balaban J connectivity index is 1.78. The van der Waals surface area contributed by atoms with Gasteiger partial charge in [-0.05, 0) is 52.0 Å². The van der Waals surface area contributed by atoms with Crippen LogP contribution in [0, 0.1) is 12.8 Å². The van der Waals surface area contributed by atoms with Crippen molar-refractivity contribution in [3.05, 3.63) is 11.9 Å². The summed E-state index contributed by atoms with van der Waals surface area (Å²) in [5, 5.41) is 3.59. The average molecular weight is 290 g/mol. The summed E-state index contributed by atoms with van der Waals surface area (Å²) in [5.74, 6) is 2.62. The van der Waals surface area contributed by atoms with Crippen molar-refractivity contribution in [1.82, 2.24) is 15.3 Å². The van der Waals surface area contributed by atoms with Crippen molar-refractivity contribution in [3.63, 3.8) is 0 Å². The molecule has 0 aromatic carbocycles. The first kappa shape index (κ1) is 14.6. The van der Waals surface area contributed by atoms with Gasteiger partial charge in [-0.15, -0.1) is 0 Å². The minimum atomic E-state index is 0.591. The maximum atomic E-state index is 5.62. The Morgan fingerprint density at radius 2 is 2.14 bits per heavy atom. The molecule has 1 unspecified atom stereocenters. The second-order valence-corrected chi connectivity index (χ2v) is 6.20. The summed E-state index contributed by atoms with van der Waals surface area (Å²) >= 11 is 0. The predicted molar refractivity (Wildman–Crippen MR) is 83.9 cm³/mol. The van der Waals surface area contributed by atoms with E-state index in [1.807, 2.05) is 6.92 Å². The van der Waals surface area contributed by atoms with Gasteiger partial charge in [-0.2, -0.15) is 0 Å². The number of anilines is 1. The molecule has 116 valence electrons. The molecule has 1 aromatic rings. The van der Waals surface area contributed by atoms with Crippen LogP contribution in [0.4, 0.5) is 5.82 Å². The number of nitrogens with one attached hydrogen (secondary N) is 1. The van der Waals surface area contributed by atoms with E-state index in [9.17, 15) is 0 Å². The molecule has 1 atom stereocenters. The van der Waals surface area contributed by atoms with Gasteiger partial charge in [0.05, 0.1) is 12.2 Å². The van der Waals surface area contributed by atoms with Crippen molar-refractivity contribution >= 4 is 5.82 Å². The molecule has 1 aliphatic carbocycles. The van der Waals surface area contributed by atoms with Crippen LogP contribution in [-0.2, 0) is 0 Å². The first-order valence-electron chi connectivity index (χ1n) is 8.20. The third-order valence-corrected chi connectivity index (χ3v) is 4.37. The minimum absolute atomic E-state index is 0.591. The van der Waals surface area contributed by atoms with Crippen LogP contribution in [-0.4, -0.2) is 42.3 Å². The Morgan fingerprint density at radius 1 is 1.29 bits per heavy atom. The molecule has 1 saturated carbocycles. The maximum Gasteiger partial charge on any atom is 0.221 e. The van der Waals surface area contributed by atoms with Crippen LogP contribution < -0.4 is 15.0 Å². The molecule has 3 rings (SSSR count). The van der Waals surface area contributed by atoms with Gasteiger partial charge in [-0.3, -0.25) is 0 Å². The molecule has 2 aliphatic rings. The van der Waals surface area contributed by atoms with Gasteiger partial charge in [0.25, 0.3) is 0 Å². The molecule has 0 radical (unpaired) electrons. The van der Waals surface area contributed by atoms with Gasteiger partial charge in [0.15, 0.2) is 0 Å². The molecule has 0 amide bonds. The molecular weight excluding hydrogens is 264 g/mol. The van der Waals surface area contributed by atoms with Gasteiger partial charge in [-0.25, -0.2) is 9.97 Å². The van der Waals surface area contributed by atoms with Crippen LogP contribution in [0.5, 0.6) is 5.88 Å². The highest BCUT2D eigenvalue weighted by molar-refractivity contribution is 5.50. The van der Waals surface area contributed by atoms with E-state index in [4.69, 9.17) is 4.74 Å². The highest BCUT2D eigenvalue weighted by Crippen LogP contribution is 2.33. The highest BCUT2D eigenvalue weighted by Gasteiger charge is 2.28. The summed E-state index contributed by atoms with van der Waals surface area (Å²) in [6.45, 7) is 8.01. The van der Waals surface area contributed by atoms with Crippen LogP contribution in [0.25, 0.3) is 0 Å². The molecule has 0 bridgehead atoms. The number of ether oxygens (including phenoxy) is 1. The average Bonchev–Trinajstić information content (AvgIpc) is 3.14. The van der Waals surface area contributed by atoms with Crippen molar-refractivity contribution in [2.24, 2.45) is 5.92 Å². The van der Waals surface area contributed by atoms with Crippen molar-refractivity contribution < 1.29 is 4.74 Å². The van der Waals surface area contributed by atoms with E-state index in [1.54, 1.807) is 6.33 Å². The Bertz CT molecular complexity index is 469. The van der Waals surface area contributed by atoms with Gasteiger partial charge in [0.1, 0.15) is 12.1 Å². The number of hydrogen-bond acceptors (Lipinski definition) is 5. The fourth-order valence-corrected chi connectivity index (χ4v) is 3.06. The number of nitrogens with zero attached hydrogens (tertiary/aromatic N) is 3. The Hall–Kier alpha value is -1.36. The van der Waals surface area contributed by atoms with Crippen LogP contribution in [0.2, 0.25) is 0 Å². The Morgan fingerprint density at radius 3 is 2.81 bits per heavy atom. The van der Waals surface area contributed by atoms with Crippen LogP contribution in [0.3, 0.4) is 0 Å². The largest absolute Gasteiger partial charge is 0.478 e. The quantitative estimate of drug-likeness (QED) is 0.834. The fourth-order valence-electron chi connectivity index (χ4n) is 3.06. The summed E-state index contributed by atoms with van der Waals surface area (Å²) in [6.07, 6.45) is 6.90.